The molecule has 3 heterocycles. The van der Waals surface area contributed by atoms with Gasteiger partial charge in [-0.1, -0.05) is 26.0 Å². The van der Waals surface area contributed by atoms with Gasteiger partial charge in [-0.3, -0.25) is 9.47 Å². The summed E-state index contributed by atoms with van der Waals surface area (Å²) in [7, 11) is 1.42. The molecule has 0 radical (unpaired) electrons. The molecule has 2 atom stereocenters. The minimum Gasteiger partial charge on any atom is -0.494 e. The Morgan fingerprint density at radius 3 is 2.51 bits per heavy atom. The minimum atomic E-state index is -0.457. The van der Waals surface area contributed by atoms with Crippen LogP contribution in [-0.4, -0.2) is 70.8 Å². The summed E-state index contributed by atoms with van der Waals surface area (Å²) in [4.78, 5) is 16.0. The molecule has 2 unspecified atom stereocenters. The molecule has 0 amide bonds. The van der Waals surface area contributed by atoms with Crippen LogP contribution in [0, 0.1) is 5.82 Å². The van der Waals surface area contributed by atoms with E-state index in [9.17, 15) is 9.18 Å². The lowest BCUT2D eigenvalue weighted by molar-refractivity contribution is -0.0377. The first-order valence-electron chi connectivity index (χ1n) is 13.2. The van der Waals surface area contributed by atoms with Crippen LogP contribution in [-0.2, 0) is 17.7 Å². The molecule has 2 aliphatic rings. The summed E-state index contributed by atoms with van der Waals surface area (Å²) in [5, 5.41) is 8.01. The largest absolute Gasteiger partial charge is 0.494 e. The van der Waals surface area contributed by atoms with Crippen molar-refractivity contribution < 1.29 is 13.9 Å². The standard InChI is InChI=1S/C28H36FN5O3/c1-19(2)30-13-15-33-27(21-6-11-25(29)26(16-21)36-3)31-34(28(33)35)22-7-4-20(5-8-22)12-14-32-17-23-9-10-24(18-32)37-23/h4-8,11,16,19,23-24,30H,9-10,12-15,17-18H2,1-3H3. The second-order valence-corrected chi connectivity index (χ2v) is 10.3. The van der Waals surface area contributed by atoms with E-state index in [1.54, 1.807) is 16.7 Å². The zero-order valence-electron chi connectivity index (χ0n) is 21.8. The van der Waals surface area contributed by atoms with Crippen LogP contribution < -0.4 is 15.7 Å². The number of nitrogens with zero attached hydrogens (tertiary/aromatic N) is 4. The van der Waals surface area contributed by atoms with Gasteiger partial charge in [0.25, 0.3) is 0 Å². The van der Waals surface area contributed by atoms with Crippen LogP contribution in [0.15, 0.2) is 47.3 Å². The minimum absolute atomic E-state index is 0.115. The van der Waals surface area contributed by atoms with E-state index in [0.29, 0.717) is 48.4 Å². The summed E-state index contributed by atoms with van der Waals surface area (Å²) in [6.45, 7) is 8.20. The van der Waals surface area contributed by atoms with E-state index in [0.717, 1.165) is 26.1 Å². The number of benzene rings is 2. The van der Waals surface area contributed by atoms with Crippen molar-refractivity contribution in [1.29, 1.82) is 0 Å². The van der Waals surface area contributed by atoms with Gasteiger partial charge in [0.05, 0.1) is 25.0 Å². The third-order valence-corrected chi connectivity index (χ3v) is 7.18. The highest BCUT2D eigenvalue weighted by Crippen LogP contribution is 2.27. The first kappa shape index (κ1) is 25.6. The van der Waals surface area contributed by atoms with E-state index in [1.807, 2.05) is 12.1 Å². The van der Waals surface area contributed by atoms with Gasteiger partial charge in [-0.15, -0.1) is 5.10 Å². The quantitative estimate of drug-likeness (QED) is 0.452. The third kappa shape index (κ3) is 5.79. The maximum Gasteiger partial charge on any atom is 0.351 e. The first-order chi connectivity index (χ1) is 17.9. The van der Waals surface area contributed by atoms with Crippen molar-refractivity contribution >= 4 is 0 Å². The van der Waals surface area contributed by atoms with E-state index in [2.05, 4.69) is 41.3 Å². The van der Waals surface area contributed by atoms with Gasteiger partial charge < -0.3 is 14.8 Å². The van der Waals surface area contributed by atoms with Gasteiger partial charge in [-0.25, -0.2) is 9.18 Å². The zero-order valence-corrected chi connectivity index (χ0v) is 21.8. The predicted molar refractivity (Wildman–Crippen MR) is 141 cm³/mol. The Morgan fingerprint density at radius 1 is 1.11 bits per heavy atom. The van der Waals surface area contributed by atoms with E-state index in [4.69, 9.17) is 9.47 Å². The zero-order chi connectivity index (χ0) is 25.9. The molecule has 2 saturated heterocycles. The van der Waals surface area contributed by atoms with Gasteiger partial charge in [0.2, 0.25) is 0 Å². The number of halogens is 1. The summed E-state index contributed by atoms with van der Waals surface area (Å²) in [6, 6.07) is 12.8. The van der Waals surface area contributed by atoms with Crippen molar-refractivity contribution in [3.8, 4) is 22.8 Å². The van der Waals surface area contributed by atoms with Gasteiger partial charge in [0, 0.05) is 44.3 Å². The number of hydrogen-bond donors (Lipinski definition) is 1. The Morgan fingerprint density at radius 2 is 1.84 bits per heavy atom. The van der Waals surface area contributed by atoms with Crippen molar-refractivity contribution in [2.75, 3.05) is 33.3 Å². The molecule has 3 aromatic rings. The molecule has 2 bridgehead atoms. The number of morpholine rings is 1. The summed E-state index contributed by atoms with van der Waals surface area (Å²) in [6.07, 6.45) is 4.10. The molecule has 198 valence electrons. The third-order valence-electron chi connectivity index (χ3n) is 7.18. The number of ether oxygens (including phenoxy) is 2. The molecule has 8 nitrogen and oxygen atoms in total. The molecule has 2 aromatic carbocycles. The van der Waals surface area contributed by atoms with Crippen molar-refractivity contribution in [3.63, 3.8) is 0 Å². The fraction of sp³-hybridized carbons (Fsp3) is 0.500. The Hall–Kier alpha value is -3.01. The van der Waals surface area contributed by atoms with Crippen LogP contribution in [0.2, 0.25) is 0 Å². The molecule has 0 aliphatic carbocycles. The highest BCUT2D eigenvalue weighted by atomic mass is 19.1. The normalized spacial score (nSPS) is 19.6. The second-order valence-electron chi connectivity index (χ2n) is 10.3. The summed E-state index contributed by atoms with van der Waals surface area (Å²) < 4.78 is 28.2. The number of nitrogens with one attached hydrogen (secondary N) is 1. The Labute approximate surface area is 217 Å². The second kappa shape index (κ2) is 11.2. The number of likely N-dealkylation sites (tertiary alicyclic amines) is 1. The fourth-order valence-corrected chi connectivity index (χ4v) is 5.22. The molecule has 2 fully saturated rings. The van der Waals surface area contributed by atoms with Crippen LogP contribution >= 0.6 is 0 Å². The van der Waals surface area contributed by atoms with Crippen molar-refractivity contribution in [2.24, 2.45) is 0 Å². The van der Waals surface area contributed by atoms with Crippen LogP contribution in [0.1, 0.15) is 32.3 Å². The van der Waals surface area contributed by atoms with E-state index in [1.165, 1.54) is 36.3 Å². The maximum atomic E-state index is 14.0. The molecule has 1 aromatic heterocycles. The number of hydrogen-bond acceptors (Lipinski definition) is 6. The van der Waals surface area contributed by atoms with Crippen LogP contribution in [0.5, 0.6) is 5.75 Å². The lowest BCUT2D eigenvalue weighted by Gasteiger charge is -2.32. The monoisotopic (exact) mass is 509 g/mol. The van der Waals surface area contributed by atoms with Crippen molar-refractivity contribution in [3.05, 3.63) is 64.3 Å². The number of rotatable bonds is 10. The molecule has 0 saturated carbocycles. The van der Waals surface area contributed by atoms with Crippen LogP contribution in [0.25, 0.3) is 17.1 Å². The molecule has 9 heteroatoms. The van der Waals surface area contributed by atoms with Gasteiger partial charge in [0.15, 0.2) is 17.4 Å². The molecule has 5 rings (SSSR count). The Bertz CT molecular complexity index is 1260. The topological polar surface area (TPSA) is 73.5 Å². The highest BCUT2D eigenvalue weighted by molar-refractivity contribution is 5.58. The smallest absolute Gasteiger partial charge is 0.351 e. The lowest BCUT2D eigenvalue weighted by atomic mass is 10.1. The molecular weight excluding hydrogens is 473 g/mol. The van der Waals surface area contributed by atoms with Crippen LogP contribution in [0.4, 0.5) is 4.39 Å². The molecule has 37 heavy (non-hydrogen) atoms. The predicted octanol–water partition coefficient (Wildman–Crippen LogP) is 3.25. The highest BCUT2D eigenvalue weighted by Gasteiger charge is 2.33. The molecule has 1 N–H and O–H groups in total. The maximum absolute atomic E-state index is 14.0. The number of methoxy groups -OCH3 is 1. The fourth-order valence-electron chi connectivity index (χ4n) is 5.22. The summed E-state index contributed by atoms with van der Waals surface area (Å²) in [5.74, 6) is 0.130. The van der Waals surface area contributed by atoms with E-state index >= 15 is 0 Å². The van der Waals surface area contributed by atoms with Gasteiger partial charge in [0.1, 0.15) is 0 Å². The van der Waals surface area contributed by atoms with E-state index in [-0.39, 0.29) is 11.4 Å². The molecular formula is C28H36FN5O3. The Kier molecular flexibility index (Phi) is 7.73. The van der Waals surface area contributed by atoms with Gasteiger partial charge >= 0.3 is 5.69 Å². The summed E-state index contributed by atoms with van der Waals surface area (Å²) >= 11 is 0. The molecule has 0 spiro atoms. The van der Waals surface area contributed by atoms with Crippen molar-refractivity contribution in [1.82, 2.24) is 24.6 Å². The SMILES string of the molecule is COc1cc(-c2nn(-c3ccc(CCN4CC5CCC(C4)O5)cc3)c(=O)n2CCNC(C)C)ccc1F. The van der Waals surface area contributed by atoms with Crippen molar-refractivity contribution in [2.45, 2.75) is 57.9 Å². The number of fused-ring (bicyclic) bond motifs is 2. The first-order valence-corrected chi connectivity index (χ1v) is 13.2. The summed E-state index contributed by atoms with van der Waals surface area (Å²) in [5.41, 5.74) is 2.30. The average Bonchev–Trinajstić information content (AvgIpc) is 3.41. The average molecular weight is 510 g/mol. The molecule has 2 aliphatic heterocycles. The lowest BCUT2D eigenvalue weighted by Crippen LogP contribution is -2.43. The Balaban J connectivity index is 1.36. The number of aromatic nitrogens is 3. The van der Waals surface area contributed by atoms with Crippen LogP contribution in [0.3, 0.4) is 0 Å². The van der Waals surface area contributed by atoms with E-state index < -0.39 is 5.82 Å². The van der Waals surface area contributed by atoms with Gasteiger partial charge in [-0.05, 0) is 55.2 Å². The van der Waals surface area contributed by atoms with Gasteiger partial charge in [-0.2, -0.15) is 4.68 Å².